The second-order valence-electron chi connectivity index (χ2n) is 5.37. The van der Waals surface area contributed by atoms with Gasteiger partial charge in [0, 0.05) is 19.0 Å². The Hall–Kier alpha value is -0.620. The highest BCUT2D eigenvalue weighted by Crippen LogP contribution is 2.04. The lowest BCUT2D eigenvalue weighted by Crippen LogP contribution is -2.45. The molecule has 106 valence electrons. The molecule has 1 fully saturated rings. The number of hydrogen-bond acceptors (Lipinski definition) is 4. The van der Waals surface area contributed by atoms with E-state index < -0.39 is 9.84 Å². The summed E-state index contributed by atoms with van der Waals surface area (Å²) in [5.74, 6) is 0.0687. The molecular formula is C12H24N2O3S. The van der Waals surface area contributed by atoms with Crippen molar-refractivity contribution in [2.24, 2.45) is 5.92 Å². The van der Waals surface area contributed by atoms with Gasteiger partial charge in [0.25, 0.3) is 0 Å². The summed E-state index contributed by atoms with van der Waals surface area (Å²) in [5.41, 5.74) is 0. The van der Waals surface area contributed by atoms with Crippen LogP contribution in [0.5, 0.6) is 0 Å². The molecule has 0 bridgehead atoms. The molecule has 18 heavy (non-hydrogen) atoms. The zero-order valence-corrected chi connectivity index (χ0v) is 12.1. The summed E-state index contributed by atoms with van der Waals surface area (Å²) in [6.45, 7) is 5.51. The molecule has 1 amide bonds. The second-order valence-corrected chi connectivity index (χ2v) is 7.60. The van der Waals surface area contributed by atoms with Crippen LogP contribution in [0, 0.1) is 5.92 Å². The van der Waals surface area contributed by atoms with Gasteiger partial charge in [0.15, 0.2) is 9.84 Å². The highest BCUT2D eigenvalue weighted by atomic mass is 32.2. The number of carbonyl (C=O) groups excluding carboxylic acids is 1. The van der Waals surface area contributed by atoms with Gasteiger partial charge in [-0.15, -0.1) is 0 Å². The molecule has 1 rings (SSSR count). The fourth-order valence-electron chi connectivity index (χ4n) is 2.11. The van der Waals surface area contributed by atoms with Gasteiger partial charge in [-0.05, 0) is 25.3 Å². The Morgan fingerprint density at radius 3 is 2.72 bits per heavy atom. The molecule has 0 aromatic rings. The molecule has 0 spiro atoms. The molecule has 2 N–H and O–H groups in total. The summed E-state index contributed by atoms with van der Waals surface area (Å²) >= 11 is 0. The van der Waals surface area contributed by atoms with Crippen LogP contribution in [0.2, 0.25) is 0 Å². The van der Waals surface area contributed by atoms with Crippen LogP contribution in [0.15, 0.2) is 0 Å². The lowest BCUT2D eigenvalue weighted by atomic mass is 10.1. The maximum Gasteiger partial charge on any atom is 0.221 e. The zero-order chi connectivity index (χ0) is 13.6. The van der Waals surface area contributed by atoms with E-state index in [1.807, 2.05) is 13.8 Å². The normalized spacial score (nSPS) is 20.9. The van der Waals surface area contributed by atoms with E-state index in [0.717, 1.165) is 25.9 Å². The third kappa shape index (κ3) is 6.35. The molecule has 1 unspecified atom stereocenters. The number of hydrogen-bond donors (Lipinski definition) is 2. The van der Waals surface area contributed by atoms with Crippen LogP contribution in [-0.2, 0) is 14.6 Å². The quantitative estimate of drug-likeness (QED) is 0.732. The minimum absolute atomic E-state index is 0.0445. The molecule has 0 aliphatic carbocycles. The van der Waals surface area contributed by atoms with E-state index in [2.05, 4.69) is 10.6 Å². The highest BCUT2D eigenvalue weighted by molar-refractivity contribution is 7.91. The Balaban J connectivity index is 2.27. The molecule has 1 aliphatic rings. The Morgan fingerprint density at radius 1 is 1.44 bits per heavy atom. The Kier molecular flexibility index (Phi) is 6.08. The summed E-state index contributed by atoms with van der Waals surface area (Å²) in [7, 11) is -3.09. The number of sulfone groups is 1. The van der Waals surface area contributed by atoms with E-state index in [4.69, 9.17) is 0 Å². The second kappa shape index (κ2) is 7.09. The van der Waals surface area contributed by atoms with Gasteiger partial charge in [0.05, 0.1) is 11.5 Å². The number of piperidine rings is 1. The van der Waals surface area contributed by atoms with Crippen molar-refractivity contribution < 1.29 is 13.2 Å². The van der Waals surface area contributed by atoms with Crippen LogP contribution in [0.4, 0.5) is 0 Å². The number of amides is 1. The van der Waals surface area contributed by atoms with Gasteiger partial charge < -0.3 is 10.6 Å². The Labute approximate surface area is 110 Å². The minimum Gasteiger partial charge on any atom is -0.352 e. The van der Waals surface area contributed by atoms with Crippen molar-refractivity contribution in [3.63, 3.8) is 0 Å². The standard InChI is InChI=1S/C12H24N2O3S/c1-10(2)9-18(16,17)7-5-12(15)14-11-4-3-6-13-8-11/h10-11,13H,3-9H2,1-2H3,(H,14,15). The predicted molar refractivity (Wildman–Crippen MR) is 72.1 cm³/mol. The Morgan fingerprint density at radius 2 is 2.17 bits per heavy atom. The van der Waals surface area contributed by atoms with Gasteiger partial charge in [-0.1, -0.05) is 13.8 Å². The van der Waals surface area contributed by atoms with Gasteiger partial charge in [0.1, 0.15) is 0 Å². The average molecular weight is 276 g/mol. The Bertz CT molecular complexity index is 360. The molecule has 0 aromatic carbocycles. The predicted octanol–water partition coefficient (Wildman–Crippen LogP) is 0.316. The van der Waals surface area contributed by atoms with Crippen LogP contribution in [0.3, 0.4) is 0 Å². The summed E-state index contributed by atoms with van der Waals surface area (Å²) in [4.78, 5) is 11.6. The molecule has 0 aromatic heterocycles. The van der Waals surface area contributed by atoms with Crippen LogP contribution >= 0.6 is 0 Å². The van der Waals surface area contributed by atoms with Gasteiger partial charge in [-0.2, -0.15) is 0 Å². The van der Waals surface area contributed by atoms with Crippen LogP contribution < -0.4 is 10.6 Å². The van der Waals surface area contributed by atoms with Crippen LogP contribution in [0.25, 0.3) is 0 Å². The molecule has 5 nitrogen and oxygen atoms in total. The number of nitrogens with one attached hydrogen (secondary N) is 2. The van der Waals surface area contributed by atoms with E-state index in [-0.39, 0.29) is 35.8 Å². The number of carbonyl (C=O) groups is 1. The van der Waals surface area contributed by atoms with Crippen molar-refractivity contribution in [3.8, 4) is 0 Å². The van der Waals surface area contributed by atoms with E-state index in [0.29, 0.717) is 0 Å². The zero-order valence-electron chi connectivity index (χ0n) is 11.2. The first-order valence-corrected chi connectivity index (χ1v) is 8.41. The summed E-state index contributed by atoms with van der Waals surface area (Å²) in [6, 6.07) is 0.152. The first-order valence-electron chi connectivity index (χ1n) is 6.59. The van der Waals surface area contributed by atoms with E-state index >= 15 is 0 Å². The van der Waals surface area contributed by atoms with E-state index in [1.165, 1.54) is 0 Å². The topological polar surface area (TPSA) is 75.3 Å². The van der Waals surface area contributed by atoms with Crippen molar-refractivity contribution >= 4 is 15.7 Å². The van der Waals surface area contributed by atoms with Crippen molar-refractivity contribution in [3.05, 3.63) is 0 Å². The van der Waals surface area contributed by atoms with Gasteiger partial charge in [-0.3, -0.25) is 4.79 Å². The largest absolute Gasteiger partial charge is 0.352 e. The van der Waals surface area contributed by atoms with Gasteiger partial charge in [0.2, 0.25) is 5.91 Å². The third-order valence-corrected chi connectivity index (χ3v) is 4.89. The van der Waals surface area contributed by atoms with Crippen molar-refractivity contribution in [2.45, 2.75) is 39.2 Å². The summed E-state index contributed by atoms with van der Waals surface area (Å²) < 4.78 is 23.3. The number of rotatable bonds is 6. The fourth-order valence-corrected chi connectivity index (χ4v) is 3.79. The molecule has 1 atom stereocenters. The van der Waals surface area contributed by atoms with Gasteiger partial charge in [-0.25, -0.2) is 8.42 Å². The van der Waals surface area contributed by atoms with Crippen molar-refractivity contribution in [1.82, 2.24) is 10.6 Å². The minimum atomic E-state index is -3.09. The monoisotopic (exact) mass is 276 g/mol. The van der Waals surface area contributed by atoms with Crippen molar-refractivity contribution in [1.29, 1.82) is 0 Å². The molecule has 0 radical (unpaired) electrons. The van der Waals surface area contributed by atoms with Crippen LogP contribution in [0.1, 0.15) is 33.1 Å². The smallest absolute Gasteiger partial charge is 0.221 e. The lowest BCUT2D eigenvalue weighted by molar-refractivity contribution is -0.121. The van der Waals surface area contributed by atoms with E-state index in [1.54, 1.807) is 0 Å². The first kappa shape index (κ1) is 15.4. The third-order valence-electron chi connectivity index (χ3n) is 2.89. The molecular weight excluding hydrogens is 252 g/mol. The SMILES string of the molecule is CC(C)CS(=O)(=O)CCC(=O)NC1CCCNC1. The first-order chi connectivity index (χ1) is 8.39. The fraction of sp³-hybridized carbons (Fsp3) is 0.917. The van der Waals surface area contributed by atoms with E-state index in [9.17, 15) is 13.2 Å². The van der Waals surface area contributed by atoms with Crippen molar-refractivity contribution in [2.75, 3.05) is 24.6 Å². The lowest BCUT2D eigenvalue weighted by Gasteiger charge is -2.23. The molecule has 6 heteroatoms. The maximum atomic E-state index is 11.6. The molecule has 1 heterocycles. The summed E-state index contributed by atoms with van der Waals surface area (Å²) in [6.07, 6.45) is 2.10. The van der Waals surface area contributed by atoms with Crippen LogP contribution in [-0.4, -0.2) is 45.0 Å². The molecule has 0 saturated carbocycles. The molecule has 1 saturated heterocycles. The maximum absolute atomic E-state index is 11.6. The average Bonchev–Trinajstić information content (AvgIpc) is 2.26. The summed E-state index contributed by atoms with van der Waals surface area (Å²) in [5, 5.41) is 6.08. The van der Waals surface area contributed by atoms with Gasteiger partial charge >= 0.3 is 0 Å². The highest BCUT2D eigenvalue weighted by Gasteiger charge is 2.18. The molecule has 1 aliphatic heterocycles.